The molecule has 0 atom stereocenters. The molecule has 0 unspecified atom stereocenters. The van der Waals surface area contributed by atoms with E-state index >= 15 is 0 Å². The summed E-state index contributed by atoms with van der Waals surface area (Å²) in [5, 5.41) is 4.71. The summed E-state index contributed by atoms with van der Waals surface area (Å²) in [5.74, 6) is 5.95. The molecule has 3 aromatic rings. The molecule has 0 radical (unpaired) electrons. The number of alkyl carbamates (subject to hydrolysis) is 1. The summed E-state index contributed by atoms with van der Waals surface area (Å²) in [6.45, 7) is 0.462. The highest BCUT2D eigenvalue weighted by Gasteiger charge is 2.00. The van der Waals surface area contributed by atoms with E-state index in [9.17, 15) is 4.79 Å². The van der Waals surface area contributed by atoms with Gasteiger partial charge in [-0.3, -0.25) is 4.98 Å². The third-order valence-electron chi connectivity index (χ3n) is 3.43. The van der Waals surface area contributed by atoms with Crippen LogP contribution >= 0.6 is 0 Å². The zero-order chi connectivity index (χ0) is 16.6. The third kappa shape index (κ3) is 4.11. The van der Waals surface area contributed by atoms with Crippen LogP contribution in [0.3, 0.4) is 0 Å². The van der Waals surface area contributed by atoms with E-state index in [4.69, 9.17) is 4.74 Å². The van der Waals surface area contributed by atoms with Gasteiger partial charge in [-0.2, -0.15) is 0 Å². The minimum absolute atomic E-state index is 0.219. The number of nitrogens with one attached hydrogen (secondary N) is 1. The Morgan fingerprint density at radius 2 is 1.83 bits per heavy atom. The number of amides is 1. The Kier molecular flexibility index (Phi) is 5.06. The van der Waals surface area contributed by atoms with Crippen molar-refractivity contribution >= 4 is 16.9 Å². The molecular formula is C20H16N2O2. The normalized spacial score (nSPS) is 9.83. The highest BCUT2D eigenvalue weighted by Crippen LogP contribution is 2.15. The molecular weight excluding hydrogens is 300 g/mol. The summed E-state index contributed by atoms with van der Waals surface area (Å²) < 4.78 is 5.12. The number of pyridine rings is 1. The maximum absolute atomic E-state index is 11.6. The van der Waals surface area contributed by atoms with Crippen molar-refractivity contribution in [2.75, 3.05) is 6.54 Å². The maximum atomic E-state index is 11.6. The van der Waals surface area contributed by atoms with Gasteiger partial charge in [-0.1, -0.05) is 66.4 Å². The van der Waals surface area contributed by atoms with Crippen LogP contribution in [-0.4, -0.2) is 17.6 Å². The molecule has 0 fully saturated rings. The van der Waals surface area contributed by atoms with Gasteiger partial charge in [0.1, 0.15) is 6.61 Å². The number of aromatic nitrogens is 1. The zero-order valence-electron chi connectivity index (χ0n) is 13.0. The Morgan fingerprint density at radius 3 is 2.71 bits per heavy atom. The summed E-state index contributed by atoms with van der Waals surface area (Å²) >= 11 is 0. The monoisotopic (exact) mass is 316 g/mol. The van der Waals surface area contributed by atoms with Gasteiger partial charge in [-0.15, -0.1) is 0 Å². The van der Waals surface area contributed by atoms with Gasteiger partial charge in [-0.25, -0.2) is 4.79 Å². The summed E-state index contributed by atoms with van der Waals surface area (Å²) in [4.78, 5) is 15.8. The first kappa shape index (κ1) is 15.6. The number of carbonyl (C=O) groups excluding carboxylic acids is 1. The predicted molar refractivity (Wildman–Crippen MR) is 93.3 cm³/mol. The molecule has 0 aliphatic carbocycles. The molecule has 1 N–H and O–H groups in total. The molecule has 118 valence electrons. The predicted octanol–water partition coefficient (Wildman–Crippen LogP) is 3.51. The van der Waals surface area contributed by atoms with E-state index in [2.05, 4.69) is 22.1 Å². The van der Waals surface area contributed by atoms with Crippen LogP contribution in [-0.2, 0) is 11.3 Å². The van der Waals surface area contributed by atoms with Crippen molar-refractivity contribution < 1.29 is 9.53 Å². The number of benzene rings is 2. The highest BCUT2D eigenvalue weighted by atomic mass is 16.5. The molecule has 3 rings (SSSR count). The van der Waals surface area contributed by atoms with Gasteiger partial charge in [0.05, 0.1) is 12.1 Å². The second-order valence-corrected chi connectivity index (χ2v) is 5.13. The molecule has 0 aliphatic rings. The van der Waals surface area contributed by atoms with E-state index in [1.165, 1.54) is 0 Å². The third-order valence-corrected chi connectivity index (χ3v) is 3.43. The standard InChI is InChI=1S/C20H16N2O2/c23-20(24-15-16-7-2-1-3-8-16)22-12-6-10-18-14-21-13-17-9-4-5-11-19(17)18/h1-5,7-9,11,13-14H,12,15H2,(H,22,23). The maximum Gasteiger partial charge on any atom is 0.408 e. The summed E-state index contributed by atoms with van der Waals surface area (Å²) in [6, 6.07) is 17.5. The fourth-order valence-corrected chi connectivity index (χ4v) is 2.25. The number of nitrogens with zero attached hydrogens (tertiary/aromatic N) is 1. The SMILES string of the molecule is O=C(NCC#Cc1cncc2ccccc12)OCc1ccccc1. The van der Waals surface area contributed by atoms with Crippen LogP contribution in [0.2, 0.25) is 0 Å². The largest absolute Gasteiger partial charge is 0.445 e. The fraction of sp³-hybridized carbons (Fsp3) is 0.100. The number of hydrogen-bond acceptors (Lipinski definition) is 3. The molecule has 0 saturated heterocycles. The van der Waals surface area contributed by atoms with Crippen molar-refractivity contribution in [3.63, 3.8) is 0 Å². The Bertz CT molecular complexity index is 890. The van der Waals surface area contributed by atoms with Crippen molar-refractivity contribution in [1.82, 2.24) is 10.3 Å². The number of hydrogen-bond donors (Lipinski definition) is 1. The average molecular weight is 316 g/mol. The van der Waals surface area contributed by atoms with E-state index in [0.29, 0.717) is 0 Å². The second kappa shape index (κ2) is 7.80. The van der Waals surface area contributed by atoms with Crippen molar-refractivity contribution in [2.45, 2.75) is 6.61 Å². The van der Waals surface area contributed by atoms with Crippen LogP contribution in [0.15, 0.2) is 67.0 Å². The van der Waals surface area contributed by atoms with E-state index in [1.807, 2.05) is 54.6 Å². The lowest BCUT2D eigenvalue weighted by Crippen LogP contribution is -2.24. The van der Waals surface area contributed by atoms with E-state index < -0.39 is 6.09 Å². The molecule has 24 heavy (non-hydrogen) atoms. The van der Waals surface area contributed by atoms with Crippen LogP contribution in [0.5, 0.6) is 0 Å². The molecule has 0 bridgehead atoms. The van der Waals surface area contributed by atoms with Crippen LogP contribution in [0.4, 0.5) is 4.79 Å². The Hall–Kier alpha value is -3.32. The molecule has 1 amide bonds. The zero-order valence-corrected chi connectivity index (χ0v) is 13.0. The molecule has 0 spiro atoms. The average Bonchev–Trinajstić information content (AvgIpc) is 2.64. The number of rotatable bonds is 3. The highest BCUT2D eigenvalue weighted by molar-refractivity contribution is 5.87. The molecule has 0 aliphatic heterocycles. The van der Waals surface area contributed by atoms with Crippen molar-refractivity contribution in [1.29, 1.82) is 0 Å². The van der Waals surface area contributed by atoms with E-state index in [-0.39, 0.29) is 13.2 Å². The number of fused-ring (bicyclic) bond motifs is 1. The lowest BCUT2D eigenvalue weighted by molar-refractivity contribution is 0.141. The first-order chi connectivity index (χ1) is 11.8. The molecule has 2 aromatic carbocycles. The van der Waals surface area contributed by atoms with Crippen LogP contribution in [0.25, 0.3) is 10.8 Å². The van der Waals surface area contributed by atoms with Gasteiger partial charge in [0.15, 0.2) is 0 Å². The van der Waals surface area contributed by atoms with Crippen LogP contribution < -0.4 is 5.32 Å². The lowest BCUT2D eigenvalue weighted by atomic mass is 10.1. The topological polar surface area (TPSA) is 51.2 Å². The van der Waals surface area contributed by atoms with Gasteiger partial charge in [0.2, 0.25) is 0 Å². The lowest BCUT2D eigenvalue weighted by Gasteiger charge is -2.04. The molecule has 1 heterocycles. The van der Waals surface area contributed by atoms with Crippen molar-refractivity contribution in [3.8, 4) is 11.8 Å². The van der Waals surface area contributed by atoms with Crippen LogP contribution in [0, 0.1) is 11.8 Å². The minimum atomic E-state index is -0.482. The van der Waals surface area contributed by atoms with Gasteiger partial charge in [-0.05, 0) is 5.56 Å². The molecule has 0 saturated carbocycles. The molecule has 4 nitrogen and oxygen atoms in total. The van der Waals surface area contributed by atoms with Gasteiger partial charge in [0, 0.05) is 23.2 Å². The summed E-state index contributed by atoms with van der Waals surface area (Å²) in [6.07, 6.45) is 3.05. The van der Waals surface area contributed by atoms with Gasteiger partial charge >= 0.3 is 6.09 Å². The smallest absolute Gasteiger partial charge is 0.408 e. The van der Waals surface area contributed by atoms with E-state index in [1.54, 1.807) is 12.4 Å². The van der Waals surface area contributed by atoms with Gasteiger partial charge in [0.25, 0.3) is 0 Å². The number of ether oxygens (including phenoxy) is 1. The minimum Gasteiger partial charge on any atom is -0.445 e. The van der Waals surface area contributed by atoms with Crippen molar-refractivity contribution in [2.24, 2.45) is 0 Å². The second-order valence-electron chi connectivity index (χ2n) is 5.13. The molecule has 1 aromatic heterocycles. The first-order valence-corrected chi connectivity index (χ1v) is 7.59. The molecule has 4 heteroatoms. The number of carbonyl (C=O) groups is 1. The Labute approximate surface area is 140 Å². The van der Waals surface area contributed by atoms with Gasteiger partial charge < -0.3 is 10.1 Å². The summed E-state index contributed by atoms with van der Waals surface area (Å²) in [7, 11) is 0. The van der Waals surface area contributed by atoms with Crippen LogP contribution in [0.1, 0.15) is 11.1 Å². The first-order valence-electron chi connectivity index (χ1n) is 7.59. The fourth-order valence-electron chi connectivity index (χ4n) is 2.25. The van der Waals surface area contributed by atoms with E-state index in [0.717, 1.165) is 21.9 Å². The Balaban J connectivity index is 1.53. The van der Waals surface area contributed by atoms with Crippen molar-refractivity contribution in [3.05, 3.63) is 78.1 Å². The summed E-state index contributed by atoms with van der Waals surface area (Å²) in [5.41, 5.74) is 1.79. The quantitative estimate of drug-likeness (QED) is 0.752. The Morgan fingerprint density at radius 1 is 1.04 bits per heavy atom.